The lowest BCUT2D eigenvalue weighted by atomic mass is 10.1. The highest BCUT2D eigenvalue weighted by atomic mass is 19.1. The molecule has 100 valence electrons. The Balaban J connectivity index is 2.13. The van der Waals surface area contributed by atoms with Crippen molar-refractivity contribution in [3.05, 3.63) is 54.5 Å². The third-order valence-electron chi connectivity index (χ3n) is 4.06. The monoisotopic (exact) mass is 275 g/mol. The number of hydrogen-bond acceptors (Lipinski definition) is 1. The Hall–Kier alpha value is -2.88. The van der Waals surface area contributed by atoms with Gasteiger partial charge in [-0.05, 0) is 12.1 Å². The summed E-state index contributed by atoms with van der Waals surface area (Å²) >= 11 is 0. The Morgan fingerprint density at radius 1 is 0.810 bits per heavy atom. The van der Waals surface area contributed by atoms with Crippen LogP contribution in [0.4, 0.5) is 4.39 Å². The minimum Gasteiger partial charge on any atom is -0.353 e. The van der Waals surface area contributed by atoms with Crippen LogP contribution in [0.3, 0.4) is 0 Å². The number of aromatic nitrogens is 3. The van der Waals surface area contributed by atoms with Crippen LogP contribution in [0.15, 0.2) is 48.7 Å². The largest absolute Gasteiger partial charge is 0.353 e. The number of aromatic amines is 2. The van der Waals surface area contributed by atoms with Gasteiger partial charge in [0.15, 0.2) is 0 Å². The molecule has 21 heavy (non-hydrogen) atoms. The molecule has 3 nitrogen and oxygen atoms in total. The highest BCUT2D eigenvalue weighted by Gasteiger charge is 2.14. The van der Waals surface area contributed by atoms with Crippen molar-refractivity contribution in [3.63, 3.8) is 0 Å². The van der Waals surface area contributed by atoms with Crippen molar-refractivity contribution >= 4 is 43.7 Å². The van der Waals surface area contributed by atoms with E-state index in [-0.39, 0.29) is 5.82 Å². The Kier molecular flexibility index (Phi) is 1.86. The molecule has 0 fully saturated rings. The molecule has 0 saturated carbocycles. The van der Waals surface area contributed by atoms with E-state index in [4.69, 9.17) is 0 Å². The zero-order valence-electron chi connectivity index (χ0n) is 10.9. The number of nitrogens with zero attached hydrogens (tertiary/aromatic N) is 1. The van der Waals surface area contributed by atoms with Crippen LogP contribution in [0.25, 0.3) is 43.7 Å². The van der Waals surface area contributed by atoms with Crippen molar-refractivity contribution in [3.8, 4) is 0 Å². The second kappa shape index (κ2) is 3.61. The van der Waals surface area contributed by atoms with Gasteiger partial charge in [0.1, 0.15) is 5.82 Å². The fourth-order valence-electron chi connectivity index (χ4n) is 3.14. The Bertz CT molecular complexity index is 1150. The molecule has 0 bridgehead atoms. The third-order valence-corrected chi connectivity index (χ3v) is 4.06. The molecule has 5 rings (SSSR count). The van der Waals surface area contributed by atoms with E-state index in [0.717, 1.165) is 38.2 Å². The second-order valence-corrected chi connectivity index (χ2v) is 5.23. The van der Waals surface area contributed by atoms with E-state index in [2.05, 4.69) is 21.0 Å². The highest BCUT2D eigenvalue weighted by molar-refractivity contribution is 6.22. The van der Waals surface area contributed by atoms with Crippen molar-refractivity contribution in [2.45, 2.75) is 0 Å². The fourth-order valence-corrected chi connectivity index (χ4v) is 3.14. The maximum atomic E-state index is 14.0. The minimum atomic E-state index is -0.251. The number of halogens is 1. The molecule has 4 heteroatoms. The predicted molar refractivity (Wildman–Crippen MR) is 82.9 cm³/mol. The van der Waals surface area contributed by atoms with Gasteiger partial charge in [0.25, 0.3) is 0 Å². The van der Waals surface area contributed by atoms with Crippen molar-refractivity contribution < 1.29 is 4.39 Å². The minimum absolute atomic E-state index is 0.251. The molecule has 3 heterocycles. The number of fused-ring (bicyclic) bond motifs is 7. The number of H-pyrrole nitrogens is 2. The van der Waals surface area contributed by atoms with E-state index < -0.39 is 0 Å². The molecule has 0 radical (unpaired) electrons. The highest BCUT2D eigenvalue weighted by Crippen LogP contribution is 2.34. The molecule has 0 spiro atoms. The first-order chi connectivity index (χ1) is 10.3. The summed E-state index contributed by atoms with van der Waals surface area (Å²) in [4.78, 5) is 11.1. The van der Waals surface area contributed by atoms with Crippen LogP contribution in [0, 0.1) is 5.82 Å². The van der Waals surface area contributed by atoms with Crippen molar-refractivity contribution in [1.29, 1.82) is 0 Å². The van der Waals surface area contributed by atoms with Gasteiger partial charge < -0.3 is 9.97 Å². The van der Waals surface area contributed by atoms with Gasteiger partial charge in [-0.1, -0.05) is 30.3 Å². The number of para-hydroxylation sites is 2. The lowest BCUT2D eigenvalue weighted by molar-refractivity contribution is 0.637. The number of benzene rings is 2. The Labute approximate surface area is 118 Å². The summed E-state index contributed by atoms with van der Waals surface area (Å²) in [6.45, 7) is 0. The molecule has 3 aromatic heterocycles. The standard InChI is InChI=1S/C17H10FN3/c18-11-6-3-5-10-15(11)21-17-14-9-4-1-2-7-12(9)20-13(14)8-19-16(10)17/h1-8,20-21H. The molecule has 0 amide bonds. The lowest BCUT2D eigenvalue weighted by Crippen LogP contribution is -1.76. The van der Waals surface area contributed by atoms with E-state index in [0.29, 0.717) is 5.52 Å². The van der Waals surface area contributed by atoms with E-state index in [9.17, 15) is 4.39 Å². The summed E-state index contributed by atoms with van der Waals surface area (Å²) in [6.07, 6.45) is 1.82. The van der Waals surface area contributed by atoms with Crippen molar-refractivity contribution in [2.24, 2.45) is 0 Å². The van der Waals surface area contributed by atoms with Gasteiger partial charge in [-0.25, -0.2) is 4.39 Å². The number of rotatable bonds is 0. The van der Waals surface area contributed by atoms with Crippen LogP contribution >= 0.6 is 0 Å². The summed E-state index contributed by atoms with van der Waals surface area (Å²) in [6, 6.07) is 13.2. The summed E-state index contributed by atoms with van der Waals surface area (Å²) in [5, 5.41) is 3.00. The first-order valence-electron chi connectivity index (χ1n) is 6.78. The topological polar surface area (TPSA) is 44.5 Å². The molecule has 0 atom stereocenters. The van der Waals surface area contributed by atoms with Gasteiger partial charge in [0.05, 0.1) is 28.3 Å². The smallest absolute Gasteiger partial charge is 0.147 e. The average Bonchev–Trinajstić information content (AvgIpc) is 3.05. The molecular formula is C17H10FN3. The fraction of sp³-hybridized carbons (Fsp3) is 0. The van der Waals surface area contributed by atoms with Gasteiger partial charge in [-0.15, -0.1) is 0 Å². The first kappa shape index (κ1) is 10.9. The quantitative estimate of drug-likeness (QED) is 0.429. The van der Waals surface area contributed by atoms with Crippen LogP contribution in [0.2, 0.25) is 0 Å². The lowest BCUT2D eigenvalue weighted by Gasteiger charge is -1.94. The van der Waals surface area contributed by atoms with E-state index in [1.165, 1.54) is 6.07 Å². The summed E-state index contributed by atoms with van der Waals surface area (Å²) in [5.74, 6) is -0.251. The van der Waals surface area contributed by atoms with Crippen LogP contribution in [-0.2, 0) is 0 Å². The summed E-state index contributed by atoms with van der Waals surface area (Å²) < 4.78 is 14.0. The third kappa shape index (κ3) is 1.29. The molecular weight excluding hydrogens is 265 g/mol. The second-order valence-electron chi connectivity index (χ2n) is 5.23. The van der Waals surface area contributed by atoms with Crippen LogP contribution in [-0.4, -0.2) is 15.0 Å². The van der Waals surface area contributed by atoms with Crippen LogP contribution < -0.4 is 0 Å². The van der Waals surface area contributed by atoms with E-state index >= 15 is 0 Å². The SMILES string of the molecule is Fc1cccc2c1[nH]c1c2ncc2[nH]c3ccccc3c21. The maximum absolute atomic E-state index is 14.0. The number of nitrogens with one attached hydrogen (secondary N) is 2. The molecule has 0 aliphatic carbocycles. The zero-order valence-corrected chi connectivity index (χ0v) is 10.9. The van der Waals surface area contributed by atoms with Gasteiger partial charge in [-0.3, -0.25) is 4.98 Å². The Morgan fingerprint density at radius 3 is 2.62 bits per heavy atom. The van der Waals surface area contributed by atoms with Crippen LogP contribution in [0.1, 0.15) is 0 Å². The normalized spacial score (nSPS) is 12.0. The van der Waals surface area contributed by atoms with Gasteiger partial charge >= 0.3 is 0 Å². The van der Waals surface area contributed by atoms with Gasteiger partial charge in [0.2, 0.25) is 0 Å². The summed E-state index contributed by atoms with van der Waals surface area (Å²) in [7, 11) is 0. The Morgan fingerprint density at radius 2 is 1.67 bits per heavy atom. The molecule has 2 aromatic carbocycles. The number of pyridine rings is 1. The van der Waals surface area contributed by atoms with Gasteiger partial charge in [-0.2, -0.15) is 0 Å². The molecule has 0 saturated heterocycles. The van der Waals surface area contributed by atoms with Crippen LogP contribution in [0.5, 0.6) is 0 Å². The van der Waals surface area contributed by atoms with E-state index in [1.54, 1.807) is 6.07 Å². The molecule has 2 N–H and O–H groups in total. The van der Waals surface area contributed by atoms with Gasteiger partial charge in [0, 0.05) is 21.7 Å². The van der Waals surface area contributed by atoms with Crippen molar-refractivity contribution in [2.75, 3.05) is 0 Å². The molecule has 0 aliphatic heterocycles. The molecule has 0 unspecified atom stereocenters. The van der Waals surface area contributed by atoms with Crippen molar-refractivity contribution in [1.82, 2.24) is 15.0 Å². The zero-order chi connectivity index (χ0) is 14.0. The molecule has 5 aromatic rings. The average molecular weight is 275 g/mol. The first-order valence-corrected chi connectivity index (χ1v) is 6.78. The number of hydrogen-bond donors (Lipinski definition) is 2. The predicted octanol–water partition coefficient (Wildman–Crippen LogP) is 4.49. The maximum Gasteiger partial charge on any atom is 0.147 e. The van der Waals surface area contributed by atoms with E-state index in [1.807, 2.05) is 30.5 Å². The molecule has 0 aliphatic rings. The summed E-state index contributed by atoms with van der Waals surface area (Å²) in [5.41, 5.74) is 4.21.